The number of halogens is 4. The number of ether oxygens (including phenoxy) is 2. The van der Waals surface area contributed by atoms with Crippen LogP contribution in [0.4, 0.5) is 17.6 Å². The maximum atomic E-state index is 13.8. The van der Waals surface area contributed by atoms with E-state index in [1.54, 1.807) is 26.2 Å². The van der Waals surface area contributed by atoms with E-state index in [4.69, 9.17) is 19.4 Å². The molecule has 0 radical (unpaired) electrons. The number of likely N-dealkylation sites (tertiary alicyclic amines) is 1. The summed E-state index contributed by atoms with van der Waals surface area (Å²) in [7, 11) is 1.74. The third-order valence-corrected chi connectivity index (χ3v) is 6.81. The van der Waals surface area contributed by atoms with E-state index < -0.39 is 12.1 Å². The average molecular weight is 521 g/mol. The molecule has 2 heterocycles. The van der Waals surface area contributed by atoms with Crippen LogP contribution in [0.15, 0.2) is 18.2 Å². The number of piperidine rings is 1. The first-order valence-corrected chi connectivity index (χ1v) is 12.0. The molecule has 2 aliphatic rings. The fraction of sp³-hybridized carbons (Fsp3) is 0.680. The fourth-order valence-corrected chi connectivity index (χ4v) is 4.48. The van der Waals surface area contributed by atoms with Crippen LogP contribution in [0, 0.1) is 18.2 Å². The van der Waals surface area contributed by atoms with Crippen LogP contribution in [0.3, 0.4) is 0 Å². The first kappa shape index (κ1) is 30.0. The van der Waals surface area contributed by atoms with Crippen molar-refractivity contribution in [3.8, 4) is 0 Å². The number of carboxylic acid groups (broad SMARTS) is 1. The highest BCUT2D eigenvalue weighted by atomic mass is 19.4. The topological polar surface area (TPSA) is 79.3 Å². The van der Waals surface area contributed by atoms with E-state index in [1.807, 2.05) is 4.90 Å². The van der Waals surface area contributed by atoms with Gasteiger partial charge < -0.3 is 19.5 Å². The number of methoxy groups -OCH3 is 1. The van der Waals surface area contributed by atoms with Crippen molar-refractivity contribution in [2.75, 3.05) is 46.5 Å². The lowest BCUT2D eigenvalue weighted by Gasteiger charge is -2.38. The highest BCUT2D eigenvalue weighted by molar-refractivity contribution is 5.94. The van der Waals surface area contributed by atoms with Crippen LogP contribution in [-0.2, 0) is 14.3 Å². The van der Waals surface area contributed by atoms with Crippen molar-refractivity contribution < 1.29 is 41.7 Å². The summed E-state index contributed by atoms with van der Waals surface area (Å²) in [6.07, 6.45) is -1.90. The molecule has 3 rings (SSSR count). The molecule has 204 valence electrons. The Bertz CT molecular complexity index is 886. The first-order chi connectivity index (χ1) is 16.8. The number of aliphatic carboxylic acids is 1. The molecule has 36 heavy (non-hydrogen) atoms. The van der Waals surface area contributed by atoms with E-state index in [0.717, 1.165) is 45.6 Å². The summed E-state index contributed by atoms with van der Waals surface area (Å²) in [6, 6.07) is 5.21. The third-order valence-electron chi connectivity index (χ3n) is 6.81. The number of carbonyl (C=O) groups is 2. The summed E-state index contributed by atoms with van der Waals surface area (Å²) >= 11 is 0. The first-order valence-electron chi connectivity index (χ1n) is 12.0. The molecule has 2 fully saturated rings. The Hall–Kier alpha value is -2.24. The number of amides is 1. The van der Waals surface area contributed by atoms with Crippen molar-refractivity contribution in [3.63, 3.8) is 0 Å². The minimum absolute atomic E-state index is 0.0697. The molecule has 1 aromatic carbocycles. The van der Waals surface area contributed by atoms with Gasteiger partial charge in [-0.15, -0.1) is 0 Å². The molecule has 1 unspecified atom stereocenters. The van der Waals surface area contributed by atoms with Gasteiger partial charge in [0.05, 0.1) is 19.3 Å². The minimum Gasteiger partial charge on any atom is -0.475 e. The minimum atomic E-state index is -5.08. The highest BCUT2D eigenvalue weighted by Gasteiger charge is 2.43. The Morgan fingerprint density at radius 2 is 1.89 bits per heavy atom. The zero-order chi connectivity index (χ0) is 27.1. The number of hydrogen-bond donors (Lipinski definition) is 1. The molecular weight excluding hydrogens is 484 g/mol. The summed E-state index contributed by atoms with van der Waals surface area (Å²) in [4.78, 5) is 25.9. The van der Waals surface area contributed by atoms with Gasteiger partial charge in [-0.3, -0.25) is 9.69 Å². The molecule has 0 bridgehead atoms. The van der Waals surface area contributed by atoms with Gasteiger partial charge in [-0.1, -0.05) is 6.07 Å². The molecule has 11 heteroatoms. The van der Waals surface area contributed by atoms with Gasteiger partial charge in [0.2, 0.25) is 0 Å². The second-order valence-electron chi connectivity index (χ2n) is 9.78. The standard InChI is InChI=1S/C23H35FN2O3.C2HF3O2/c1-17(2)26(11-12-28-4)15-20-14-23(16-29-20)7-9-25(10-8-23)22(27)19-6-5-18(3)21(24)13-19;3-2(4,5)1(6)7/h5-6,13,17,20H,7-12,14-16H2,1-4H3;(H,6,7). The number of carbonyl (C=O) groups excluding carboxylic acids is 1. The quantitative estimate of drug-likeness (QED) is 0.545. The van der Waals surface area contributed by atoms with Crippen LogP contribution in [0.5, 0.6) is 0 Å². The Kier molecular flexibility index (Phi) is 10.7. The van der Waals surface area contributed by atoms with E-state index in [-0.39, 0.29) is 23.2 Å². The zero-order valence-electron chi connectivity index (χ0n) is 21.2. The van der Waals surface area contributed by atoms with Crippen LogP contribution < -0.4 is 0 Å². The van der Waals surface area contributed by atoms with Crippen LogP contribution in [0.25, 0.3) is 0 Å². The molecule has 2 aliphatic heterocycles. The Morgan fingerprint density at radius 3 is 2.39 bits per heavy atom. The lowest BCUT2D eigenvalue weighted by molar-refractivity contribution is -0.192. The maximum absolute atomic E-state index is 13.8. The van der Waals surface area contributed by atoms with Crippen molar-refractivity contribution >= 4 is 11.9 Å². The molecule has 1 atom stereocenters. The lowest BCUT2D eigenvalue weighted by atomic mass is 9.76. The van der Waals surface area contributed by atoms with Gasteiger partial charge in [0.25, 0.3) is 5.91 Å². The van der Waals surface area contributed by atoms with Crippen molar-refractivity contribution in [3.05, 3.63) is 35.1 Å². The Labute approximate surface area is 209 Å². The van der Waals surface area contributed by atoms with E-state index in [2.05, 4.69) is 18.7 Å². The molecule has 0 saturated carbocycles. The summed E-state index contributed by atoms with van der Waals surface area (Å²) in [5.41, 5.74) is 1.17. The average Bonchev–Trinajstić information content (AvgIpc) is 3.20. The van der Waals surface area contributed by atoms with Gasteiger partial charge >= 0.3 is 12.1 Å². The molecule has 1 aromatic rings. The SMILES string of the molecule is COCCN(CC1CC2(CCN(C(=O)c3ccc(C)c(F)c3)CC2)CO1)C(C)C.O=C(O)C(F)(F)F. The van der Waals surface area contributed by atoms with Crippen molar-refractivity contribution in [2.24, 2.45) is 5.41 Å². The molecule has 1 N–H and O–H groups in total. The third kappa shape index (κ3) is 8.41. The van der Waals surface area contributed by atoms with E-state index in [9.17, 15) is 22.4 Å². The number of nitrogens with zero attached hydrogens (tertiary/aromatic N) is 2. The van der Waals surface area contributed by atoms with Crippen molar-refractivity contribution in [2.45, 2.75) is 58.4 Å². The van der Waals surface area contributed by atoms with Crippen molar-refractivity contribution in [1.29, 1.82) is 0 Å². The summed E-state index contributed by atoms with van der Waals surface area (Å²) < 4.78 is 57.0. The van der Waals surface area contributed by atoms with Crippen LogP contribution >= 0.6 is 0 Å². The van der Waals surface area contributed by atoms with E-state index in [0.29, 0.717) is 30.3 Å². The normalized spacial score (nSPS) is 19.5. The predicted molar refractivity (Wildman–Crippen MR) is 125 cm³/mol. The highest BCUT2D eigenvalue weighted by Crippen LogP contribution is 2.42. The van der Waals surface area contributed by atoms with Crippen LogP contribution in [-0.4, -0.2) is 91.6 Å². The molecule has 7 nitrogen and oxygen atoms in total. The molecule has 2 saturated heterocycles. The van der Waals surface area contributed by atoms with Gasteiger partial charge in [-0.25, -0.2) is 9.18 Å². The molecule has 0 aromatic heterocycles. The van der Waals surface area contributed by atoms with Gasteiger partial charge in [0.15, 0.2) is 0 Å². The monoisotopic (exact) mass is 520 g/mol. The maximum Gasteiger partial charge on any atom is 0.490 e. The number of alkyl halides is 3. The van der Waals surface area contributed by atoms with Gasteiger partial charge in [-0.2, -0.15) is 13.2 Å². The van der Waals surface area contributed by atoms with Gasteiger partial charge in [-0.05, 0) is 63.1 Å². The van der Waals surface area contributed by atoms with Crippen molar-refractivity contribution in [1.82, 2.24) is 9.80 Å². The number of carboxylic acids is 1. The molecule has 1 amide bonds. The van der Waals surface area contributed by atoms with Crippen LogP contribution in [0.2, 0.25) is 0 Å². The number of hydrogen-bond acceptors (Lipinski definition) is 5. The van der Waals surface area contributed by atoms with E-state index in [1.165, 1.54) is 6.07 Å². The summed E-state index contributed by atoms with van der Waals surface area (Å²) in [6.45, 7) is 10.9. The second kappa shape index (κ2) is 12.8. The summed E-state index contributed by atoms with van der Waals surface area (Å²) in [5.74, 6) is -3.15. The smallest absolute Gasteiger partial charge is 0.475 e. The lowest BCUT2D eigenvalue weighted by Crippen LogP contribution is -2.44. The summed E-state index contributed by atoms with van der Waals surface area (Å²) in [5, 5.41) is 7.12. The predicted octanol–water partition coefficient (Wildman–Crippen LogP) is 4.14. The number of aryl methyl sites for hydroxylation is 1. The largest absolute Gasteiger partial charge is 0.490 e. The molecule has 1 spiro atoms. The number of benzene rings is 1. The second-order valence-corrected chi connectivity index (χ2v) is 9.78. The van der Waals surface area contributed by atoms with Gasteiger partial charge in [0.1, 0.15) is 5.82 Å². The van der Waals surface area contributed by atoms with E-state index >= 15 is 0 Å². The Balaban J connectivity index is 0.000000572. The zero-order valence-corrected chi connectivity index (χ0v) is 21.2. The number of rotatable bonds is 7. The Morgan fingerprint density at radius 1 is 1.28 bits per heavy atom. The van der Waals surface area contributed by atoms with Gasteiger partial charge in [0, 0.05) is 44.9 Å². The fourth-order valence-electron chi connectivity index (χ4n) is 4.48. The molecule has 0 aliphatic carbocycles. The van der Waals surface area contributed by atoms with Crippen LogP contribution in [0.1, 0.15) is 49.0 Å². The molecular formula is C25H36F4N2O5.